The van der Waals surface area contributed by atoms with Gasteiger partial charge in [-0.05, 0) is 23.0 Å². The Hall–Kier alpha value is -0.180. The number of carbonyl (C=O) groups excluding carboxylic acids is 1. The Morgan fingerprint density at radius 3 is 2.06 bits per heavy atom. The van der Waals surface area contributed by atoms with Gasteiger partial charge in [0, 0.05) is 6.54 Å². The standard InChI is InChI=1S/C13H27NOS/c1-12(2,3)7-8-14-11(15)9-16-10-13(4,5)6/h7-10H2,1-6H3,(H,14,15). The van der Waals surface area contributed by atoms with Crippen LogP contribution in [0.15, 0.2) is 0 Å². The summed E-state index contributed by atoms with van der Waals surface area (Å²) in [5, 5.41) is 2.97. The van der Waals surface area contributed by atoms with Crippen molar-refractivity contribution in [3.63, 3.8) is 0 Å². The van der Waals surface area contributed by atoms with Crippen LogP contribution in [0.1, 0.15) is 48.0 Å². The van der Waals surface area contributed by atoms with Crippen molar-refractivity contribution in [2.24, 2.45) is 10.8 Å². The fourth-order valence-corrected chi connectivity index (χ4v) is 2.08. The summed E-state index contributed by atoms with van der Waals surface area (Å²) in [4.78, 5) is 11.5. The van der Waals surface area contributed by atoms with Gasteiger partial charge >= 0.3 is 0 Å². The molecule has 0 bridgehead atoms. The van der Waals surface area contributed by atoms with Gasteiger partial charge in [0.25, 0.3) is 0 Å². The van der Waals surface area contributed by atoms with E-state index in [0.717, 1.165) is 18.7 Å². The van der Waals surface area contributed by atoms with E-state index in [4.69, 9.17) is 0 Å². The first-order valence-electron chi connectivity index (χ1n) is 5.95. The molecule has 0 rings (SSSR count). The van der Waals surface area contributed by atoms with Gasteiger partial charge in [-0.1, -0.05) is 41.5 Å². The SMILES string of the molecule is CC(C)(C)CCNC(=O)CSCC(C)(C)C. The number of nitrogens with one attached hydrogen (secondary N) is 1. The zero-order valence-corrected chi connectivity index (χ0v) is 12.5. The van der Waals surface area contributed by atoms with Crippen molar-refractivity contribution < 1.29 is 4.79 Å². The zero-order chi connectivity index (χ0) is 12.8. The number of thioether (sulfide) groups is 1. The molecule has 0 fully saturated rings. The molecule has 0 heterocycles. The summed E-state index contributed by atoms with van der Waals surface area (Å²) < 4.78 is 0. The highest BCUT2D eigenvalue weighted by Gasteiger charge is 2.12. The molecule has 0 aliphatic heterocycles. The zero-order valence-electron chi connectivity index (χ0n) is 11.6. The fraction of sp³-hybridized carbons (Fsp3) is 0.923. The van der Waals surface area contributed by atoms with Crippen LogP contribution in [0.2, 0.25) is 0 Å². The van der Waals surface area contributed by atoms with Crippen molar-refractivity contribution in [3.8, 4) is 0 Å². The second-order valence-electron chi connectivity index (χ2n) is 6.71. The van der Waals surface area contributed by atoms with E-state index in [-0.39, 0.29) is 5.91 Å². The van der Waals surface area contributed by atoms with Crippen LogP contribution in [0.3, 0.4) is 0 Å². The maximum absolute atomic E-state index is 11.5. The van der Waals surface area contributed by atoms with Gasteiger partial charge in [0.05, 0.1) is 5.75 Å². The Morgan fingerprint density at radius 2 is 1.62 bits per heavy atom. The van der Waals surface area contributed by atoms with E-state index in [1.54, 1.807) is 11.8 Å². The summed E-state index contributed by atoms with van der Waals surface area (Å²) in [7, 11) is 0. The molecule has 0 aromatic rings. The number of amides is 1. The van der Waals surface area contributed by atoms with Gasteiger partial charge in [0.2, 0.25) is 5.91 Å². The minimum Gasteiger partial charge on any atom is -0.355 e. The second kappa shape index (κ2) is 6.53. The summed E-state index contributed by atoms with van der Waals surface area (Å²) in [5.74, 6) is 1.78. The molecule has 0 spiro atoms. The maximum atomic E-state index is 11.5. The summed E-state index contributed by atoms with van der Waals surface area (Å²) >= 11 is 1.71. The smallest absolute Gasteiger partial charge is 0.229 e. The van der Waals surface area contributed by atoms with Crippen molar-refractivity contribution in [1.29, 1.82) is 0 Å². The lowest BCUT2D eigenvalue weighted by atomic mass is 9.92. The van der Waals surface area contributed by atoms with Gasteiger partial charge < -0.3 is 5.32 Å². The number of rotatable bonds is 5. The summed E-state index contributed by atoms with van der Waals surface area (Å²) in [6.07, 6.45) is 1.03. The van der Waals surface area contributed by atoms with E-state index in [9.17, 15) is 4.79 Å². The van der Waals surface area contributed by atoms with Crippen LogP contribution in [-0.2, 0) is 4.79 Å². The van der Waals surface area contributed by atoms with Crippen LogP contribution in [-0.4, -0.2) is 24.0 Å². The largest absolute Gasteiger partial charge is 0.355 e. The van der Waals surface area contributed by atoms with Gasteiger partial charge in [-0.15, -0.1) is 0 Å². The Balaban J connectivity index is 3.53. The third-order valence-corrected chi connectivity index (χ3v) is 3.50. The van der Waals surface area contributed by atoms with E-state index in [0.29, 0.717) is 16.6 Å². The predicted octanol–water partition coefficient (Wildman–Crippen LogP) is 3.32. The summed E-state index contributed by atoms with van der Waals surface area (Å²) in [6, 6.07) is 0. The van der Waals surface area contributed by atoms with Crippen LogP contribution >= 0.6 is 11.8 Å². The molecule has 0 aromatic heterocycles. The molecule has 0 saturated carbocycles. The Morgan fingerprint density at radius 1 is 1.06 bits per heavy atom. The van der Waals surface area contributed by atoms with Crippen LogP contribution in [0.5, 0.6) is 0 Å². The molecule has 2 nitrogen and oxygen atoms in total. The van der Waals surface area contributed by atoms with E-state index in [2.05, 4.69) is 46.9 Å². The monoisotopic (exact) mass is 245 g/mol. The van der Waals surface area contributed by atoms with Gasteiger partial charge in [-0.25, -0.2) is 0 Å². The van der Waals surface area contributed by atoms with E-state index >= 15 is 0 Å². The lowest BCUT2D eigenvalue weighted by Crippen LogP contribution is -2.29. The lowest BCUT2D eigenvalue weighted by molar-refractivity contribution is -0.118. The Kier molecular flexibility index (Phi) is 6.46. The minimum atomic E-state index is 0.165. The molecule has 3 heteroatoms. The highest BCUT2D eigenvalue weighted by Crippen LogP contribution is 2.20. The highest BCUT2D eigenvalue weighted by atomic mass is 32.2. The van der Waals surface area contributed by atoms with Crippen molar-refractivity contribution in [2.75, 3.05) is 18.1 Å². The Labute approximate surface area is 105 Å². The molecular formula is C13H27NOS. The number of hydrogen-bond donors (Lipinski definition) is 1. The Bertz CT molecular complexity index is 191. The van der Waals surface area contributed by atoms with Crippen LogP contribution in [0.4, 0.5) is 0 Å². The molecule has 1 N–H and O–H groups in total. The molecule has 0 atom stereocenters. The third-order valence-electron chi connectivity index (χ3n) is 1.97. The first-order chi connectivity index (χ1) is 7.10. The molecule has 96 valence electrons. The van der Waals surface area contributed by atoms with E-state index in [1.165, 1.54) is 0 Å². The molecule has 0 radical (unpaired) electrons. The van der Waals surface area contributed by atoms with Gasteiger partial charge in [0.1, 0.15) is 0 Å². The van der Waals surface area contributed by atoms with Crippen LogP contribution in [0.25, 0.3) is 0 Å². The molecule has 0 saturated heterocycles. The second-order valence-corrected chi connectivity index (χ2v) is 7.70. The predicted molar refractivity (Wildman–Crippen MR) is 73.9 cm³/mol. The number of hydrogen-bond acceptors (Lipinski definition) is 2. The normalized spacial score (nSPS) is 12.6. The van der Waals surface area contributed by atoms with Gasteiger partial charge in [-0.2, -0.15) is 11.8 Å². The van der Waals surface area contributed by atoms with E-state index < -0.39 is 0 Å². The summed E-state index contributed by atoms with van der Waals surface area (Å²) in [5.41, 5.74) is 0.599. The molecular weight excluding hydrogens is 218 g/mol. The average Bonchev–Trinajstić information content (AvgIpc) is 1.98. The van der Waals surface area contributed by atoms with Gasteiger partial charge in [0.15, 0.2) is 0 Å². The lowest BCUT2D eigenvalue weighted by Gasteiger charge is -2.19. The number of carbonyl (C=O) groups is 1. The fourth-order valence-electron chi connectivity index (χ4n) is 1.08. The van der Waals surface area contributed by atoms with E-state index in [1.807, 2.05) is 0 Å². The molecule has 0 aliphatic carbocycles. The first kappa shape index (κ1) is 15.8. The topological polar surface area (TPSA) is 29.1 Å². The highest BCUT2D eigenvalue weighted by molar-refractivity contribution is 7.99. The van der Waals surface area contributed by atoms with Crippen LogP contribution < -0.4 is 5.32 Å². The van der Waals surface area contributed by atoms with Crippen molar-refractivity contribution >= 4 is 17.7 Å². The molecule has 0 aliphatic rings. The van der Waals surface area contributed by atoms with Crippen molar-refractivity contribution in [3.05, 3.63) is 0 Å². The average molecular weight is 245 g/mol. The molecule has 1 amide bonds. The quantitative estimate of drug-likeness (QED) is 0.805. The van der Waals surface area contributed by atoms with Crippen molar-refractivity contribution in [2.45, 2.75) is 48.0 Å². The molecule has 0 unspecified atom stereocenters. The van der Waals surface area contributed by atoms with Crippen LogP contribution in [0, 0.1) is 10.8 Å². The summed E-state index contributed by atoms with van der Waals surface area (Å²) in [6.45, 7) is 13.9. The first-order valence-corrected chi connectivity index (χ1v) is 7.10. The maximum Gasteiger partial charge on any atom is 0.229 e. The molecule has 16 heavy (non-hydrogen) atoms. The third kappa shape index (κ3) is 11.9. The minimum absolute atomic E-state index is 0.165. The van der Waals surface area contributed by atoms with Crippen molar-refractivity contribution in [1.82, 2.24) is 5.32 Å². The van der Waals surface area contributed by atoms with Gasteiger partial charge in [-0.3, -0.25) is 4.79 Å². The molecule has 0 aromatic carbocycles.